The van der Waals surface area contributed by atoms with Crippen molar-refractivity contribution in [3.05, 3.63) is 85.0 Å². The molecule has 2 fully saturated rings. The van der Waals surface area contributed by atoms with Gasteiger partial charge in [0.25, 0.3) is 0 Å². The smallest absolute Gasteiger partial charge is 0.246 e. The summed E-state index contributed by atoms with van der Waals surface area (Å²) >= 11 is 1.61. The lowest BCUT2D eigenvalue weighted by Crippen LogP contribution is -2.51. The fourth-order valence-electron chi connectivity index (χ4n) is 8.45. The highest BCUT2D eigenvalue weighted by Gasteiger charge is 2.38. The lowest BCUT2D eigenvalue weighted by Gasteiger charge is -2.30. The van der Waals surface area contributed by atoms with Crippen molar-refractivity contribution in [2.45, 2.75) is 84.5 Å². The number of carbonyl (C=O) groups is 4. The van der Waals surface area contributed by atoms with E-state index < -0.39 is 24.6 Å². The summed E-state index contributed by atoms with van der Waals surface area (Å²) in [5, 5.41) is 14.7. The van der Waals surface area contributed by atoms with E-state index in [1.807, 2.05) is 69.3 Å². The number of nitrogens with one attached hydrogen (secondary N) is 4. The Morgan fingerprint density at radius 2 is 1.34 bits per heavy atom. The molecule has 5 N–H and O–H groups in total. The Hall–Kier alpha value is -6.13. The van der Waals surface area contributed by atoms with E-state index in [0.717, 1.165) is 80.7 Å². The third-order valence-corrected chi connectivity index (χ3v) is 12.7. The number of likely N-dealkylation sites (tertiary alicyclic amines) is 2. The van der Waals surface area contributed by atoms with Gasteiger partial charge in [0.2, 0.25) is 23.6 Å². The van der Waals surface area contributed by atoms with Gasteiger partial charge in [-0.3, -0.25) is 23.6 Å². The van der Waals surface area contributed by atoms with Crippen LogP contribution in [0.15, 0.2) is 73.3 Å². The van der Waals surface area contributed by atoms with E-state index in [0.29, 0.717) is 18.9 Å². The molecule has 8 rings (SSSR count). The largest absolute Gasteiger partial charge is 0.387 e. The molecule has 318 valence electrons. The van der Waals surface area contributed by atoms with Crippen LogP contribution >= 0.6 is 11.3 Å². The number of hydrogen-bond donors (Lipinski definition) is 5. The molecule has 0 aliphatic carbocycles. The highest BCUT2D eigenvalue weighted by Crippen LogP contribution is 2.36. The van der Waals surface area contributed by atoms with Crippen molar-refractivity contribution in [1.29, 1.82) is 0 Å². The van der Waals surface area contributed by atoms with E-state index in [1.165, 1.54) is 6.92 Å². The number of fused-ring (bicyclic) bond motifs is 1. The van der Waals surface area contributed by atoms with Crippen LogP contribution in [0.2, 0.25) is 0 Å². The number of aromatic amines is 2. The minimum absolute atomic E-state index is 0.0298. The van der Waals surface area contributed by atoms with Crippen molar-refractivity contribution in [3.8, 4) is 44.2 Å². The van der Waals surface area contributed by atoms with Gasteiger partial charge in [0.15, 0.2) is 4.96 Å². The zero-order chi connectivity index (χ0) is 42.9. The van der Waals surface area contributed by atoms with Crippen LogP contribution in [0, 0.1) is 11.8 Å². The Balaban J connectivity index is 0.911. The van der Waals surface area contributed by atoms with Crippen molar-refractivity contribution < 1.29 is 24.3 Å². The maximum atomic E-state index is 13.5. The molecule has 6 aromatic rings. The van der Waals surface area contributed by atoms with Crippen LogP contribution in [-0.2, 0) is 19.2 Å². The van der Waals surface area contributed by atoms with E-state index in [-0.39, 0.29) is 41.6 Å². The molecule has 16 heteroatoms. The second kappa shape index (κ2) is 17.5. The third-order valence-electron chi connectivity index (χ3n) is 11.7. The summed E-state index contributed by atoms with van der Waals surface area (Å²) in [4.78, 5) is 77.7. The molecule has 0 saturated carbocycles. The molecule has 4 aromatic heterocycles. The Morgan fingerprint density at radius 3 is 1.93 bits per heavy atom. The summed E-state index contributed by atoms with van der Waals surface area (Å²) in [7, 11) is 0. The summed E-state index contributed by atoms with van der Waals surface area (Å²) in [6.07, 6.45) is 11.1. The molecule has 6 heterocycles. The van der Waals surface area contributed by atoms with Crippen molar-refractivity contribution in [3.63, 3.8) is 0 Å². The van der Waals surface area contributed by atoms with E-state index in [4.69, 9.17) is 9.97 Å². The first-order chi connectivity index (χ1) is 29.4. The van der Waals surface area contributed by atoms with Crippen LogP contribution in [0.4, 0.5) is 0 Å². The number of nitrogens with zero attached hydrogens (tertiary/aromatic N) is 6. The summed E-state index contributed by atoms with van der Waals surface area (Å²) in [5.74, 6) is 0.272. The SMILES string of the molecule is CC(=O)N[C@H](C(=O)N1CCCC1c1nc(-c2ccc(-c3cn4cc(-c5ccc(-c6cnc([C@@H]7CCCN7C(=O)[C@@H](NC(=O)CO)C(C)C)[nH]6)cc5)sc4n3)cc2)c[nH]1)C(C)C. The Morgan fingerprint density at radius 1 is 0.770 bits per heavy atom. The fraction of sp³-hybridized carbons (Fsp3) is 0.400. The highest BCUT2D eigenvalue weighted by atomic mass is 32.1. The zero-order valence-corrected chi connectivity index (χ0v) is 35.8. The van der Waals surface area contributed by atoms with Crippen molar-refractivity contribution in [1.82, 2.24) is 49.8 Å². The number of amides is 4. The summed E-state index contributed by atoms with van der Waals surface area (Å²) in [6.45, 7) is 9.62. The summed E-state index contributed by atoms with van der Waals surface area (Å²) < 4.78 is 2.05. The molecule has 4 atom stereocenters. The first kappa shape index (κ1) is 41.6. The van der Waals surface area contributed by atoms with Crippen LogP contribution in [0.3, 0.4) is 0 Å². The number of H-pyrrole nitrogens is 2. The lowest BCUT2D eigenvalue weighted by atomic mass is 10.0. The first-order valence-corrected chi connectivity index (χ1v) is 21.8. The minimum atomic E-state index is -0.721. The second-order valence-corrected chi connectivity index (χ2v) is 17.7. The molecule has 1 unspecified atom stereocenters. The molecule has 0 radical (unpaired) electrons. The van der Waals surface area contributed by atoms with Crippen LogP contribution in [0.5, 0.6) is 0 Å². The van der Waals surface area contributed by atoms with E-state index in [1.54, 1.807) is 22.4 Å². The van der Waals surface area contributed by atoms with Gasteiger partial charge in [0, 0.05) is 49.7 Å². The van der Waals surface area contributed by atoms with Gasteiger partial charge in [-0.1, -0.05) is 87.6 Å². The van der Waals surface area contributed by atoms with Crippen LogP contribution in [0.1, 0.15) is 84.0 Å². The Kier molecular flexibility index (Phi) is 11.9. The normalized spacial score (nSPS) is 17.7. The third kappa shape index (κ3) is 8.59. The number of thiazole rings is 1. The molecular formula is C45H52N10O5S. The number of aliphatic hydroxyl groups excluding tert-OH is 1. The number of aromatic nitrogens is 6. The van der Waals surface area contributed by atoms with Gasteiger partial charge in [0.1, 0.15) is 30.3 Å². The molecule has 0 spiro atoms. The number of carbonyl (C=O) groups excluding carboxylic acids is 4. The van der Waals surface area contributed by atoms with Gasteiger partial charge < -0.3 is 35.5 Å². The predicted octanol–water partition coefficient (Wildman–Crippen LogP) is 6.13. The predicted molar refractivity (Wildman–Crippen MR) is 233 cm³/mol. The number of benzene rings is 2. The number of hydrogen-bond acceptors (Lipinski definition) is 9. The van der Waals surface area contributed by atoms with Crippen molar-refractivity contribution in [2.24, 2.45) is 11.8 Å². The molecular weight excluding hydrogens is 793 g/mol. The molecule has 2 saturated heterocycles. The van der Waals surface area contributed by atoms with Crippen LogP contribution < -0.4 is 10.6 Å². The molecule has 2 aromatic carbocycles. The van der Waals surface area contributed by atoms with Gasteiger partial charge >= 0.3 is 0 Å². The van der Waals surface area contributed by atoms with Crippen LogP contribution in [0.25, 0.3) is 49.2 Å². The van der Waals surface area contributed by atoms with E-state index >= 15 is 0 Å². The lowest BCUT2D eigenvalue weighted by molar-refractivity contribution is -0.139. The van der Waals surface area contributed by atoms with E-state index in [9.17, 15) is 24.3 Å². The number of imidazole rings is 3. The summed E-state index contributed by atoms with van der Waals surface area (Å²) in [5.41, 5.74) is 6.51. The van der Waals surface area contributed by atoms with Crippen LogP contribution in [-0.4, -0.2) is 99.6 Å². The maximum absolute atomic E-state index is 13.5. The zero-order valence-electron chi connectivity index (χ0n) is 35.0. The first-order valence-electron chi connectivity index (χ1n) is 21.0. The molecule has 2 aliphatic rings. The van der Waals surface area contributed by atoms with Gasteiger partial charge in [-0.15, -0.1) is 0 Å². The monoisotopic (exact) mass is 844 g/mol. The second-order valence-electron chi connectivity index (χ2n) is 16.7. The quantitative estimate of drug-likeness (QED) is 0.0916. The average molecular weight is 845 g/mol. The molecule has 2 aliphatic heterocycles. The van der Waals surface area contributed by atoms with Crippen molar-refractivity contribution in [2.75, 3.05) is 19.7 Å². The minimum Gasteiger partial charge on any atom is -0.387 e. The molecule has 15 nitrogen and oxygen atoms in total. The Labute approximate surface area is 358 Å². The van der Waals surface area contributed by atoms with Gasteiger partial charge in [-0.2, -0.15) is 0 Å². The maximum Gasteiger partial charge on any atom is 0.246 e. The van der Waals surface area contributed by atoms with Gasteiger partial charge in [-0.25, -0.2) is 15.0 Å². The summed E-state index contributed by atoms with van der Waals surface area (Å²) in [6, 6.07) is 14.8. The topological polar surface area (TPSA) is 194 Å². The highest BCUT2D eigenvalue weighted by molar-refractivity contribution is 7.20. The van der Waals surface area contributed by atoms with Gasteiger partial charge in [-0.05, 0) is 48.6 Å². The number of aliphatic hydroxyl groups is 1. The van der Waals surface area contributed by atoms with Gasteiger partial charge in [0.05, 0.1) is 40.2 Å². The number of rotatable bonds is 13. The Bertz CT molecular complexity index is 2500. The standard InChI is InChI=1S/C45H52N10O5S/c1-25(2)39(48-27(5)57)43(59)54-18-6-8-35(54)41-46-20-32(49-41)28-10-12-30(13-11-28)34-22-53-23-37(61-45(53)51-34)31-16-14-29(15-17-31)33-21-47-42(50-33)36-9-7-19-55(36)44(60)40(26(3)4)52-38(58)24-56/h10-17,20-23,25-26,35-36,39-40,56H,6-9,18-19,24H2,1-5H3,(H,46,49)(H,47,50)(H,48,57)(H,52,58)/t35?,36-,39-,40-/m0/s1. The molecule has 61 heavy (non-hydrogen) atoms. The van der Waals surface area contributed by atoms with Crippen molar-refractivity contribution >= 4 is 39.9 Å². The van der Waals surface area contributed by atoms with E-state index in [2.05, 4.69) is 60.4 Å². The average Bonchev–Trinajstić information content (AvgIpc) is 4.11. The fourth-order valence-corrected chi connectivity index (χ4v) is 9.43. The molecule has 4 amide bonds. The molecule has 0 bridgehead atoms.